The molecule has 0 spiro atoms. The molecule has 7 heteroatoms. The predicted octanol–water partition coefficient (Wildman–Crippen LogP) is 2.00. The number of aromatic nitrogens is 4. The van der Waals surface area contributed by atoms with Crippen LogP contribution in [0.4, 0.5) is 0 Å². The van der Waals surface area contributed by atoms with Gasteiger partial charge < -0.3 is 5.73 Å². The maximum absolute atomic E-state index is 11.2. The average molecular weight is 285 g/mol. The molecule has 3 rings (SSSR count). The average Bonchev–Trinajstić information content (AvgIpc) is 3.07. The number of carbonyl (C=O) groups excluding carboxylic acids is 1. The molecule has 3 aromatic rings. The maximum atomic E-state index is 11.2. The molecule has 0 atom stereocenters. The molecule has 2 aromatic heterocycles. The van der Waals surface area contributed by atoms with Gasteiger partial charge in [0, 0.05) is 5.56 Å². The number of primary amides is 1. The Bertz CT molecular complexity index is 759. The Kier molecular flexibility index (Phi) is 3.03. The molecule has 0 bridgehead atoms. The van der Waals surface area contributed by atoms with E-state index >= 15 is 0 Å². The van der Waals surface area contributed by atoms with Crippen LogP contribution >= 0.6 is 11.5 Å². The van der Waals surface area contributed by atoms with Crippen LogP contribution in [0.1, 0.15) is 16.2 Å². The topological polar surface area (TPSA) is 97.5 Å². The van der Waals surface area contributed by atoms with Gasteiger partial charge in [-0.1, -0.05) is 24.3 Å². The fourth-order valence-electron chi connectivity index (χ4n) is 1.90. The summed E-state index contributed by atoms with van der Waals surface area (Å²) in [6.45, 7) is 1.96. The highest BCUT2D eigenvalue weighted by Crippen LogP contribution is 2.27. The van der Waals surface area contributed by atoms with E-state index in [4.69, 9.17) is 5.73 Å². The summed E-state index contributed by atoms with van der Waals surface area (Å²) in [7, 11) is 0. The van der Waals surface area contributed by atoms with E-state index in [-0.39, 0.29) is 5.69 Å². The lowest BCUT2D eigenvalue weighted by Gasteiger charge is -2.00. The molecule has 0 saturated carbocycles. The minimum atomic E-state index is -0.601. The Labute approximate surface area is 118 Å². The zero-order valence-electron chi connectivity index (χ0n) is 10.6. The Morgan fingerprint density at radius 3 is 2.50 bits per heavy atom. The fraction of sp³-hybridized carbons (Fsp3) is 0.0769. The molecule has 0 radical (unpaired) electrons. The van der Waals surface area contributed by atoms with Crippen molar-refractivity contribution in [3.8, 4) is 21.7 Å². The molecule has 1 aromatic carbocycles. The molecule has 0 unspecified atom stereocenters. The van der Waals surface area contributed by atoms with Gasteiger partial charge in [0.25, 0.3) is 5.91 Å². The normalized spacial score (nSPS) is 10.7. The van der Waals surface area contributed by atoms with Gasteiger partial charge in [0.05, 0.1) is 10.6 Å². The van der Waals surface area contributed by atoms with Crippen molar-refractivity contribution < 1.29 is 4.79 Å². The summed E-state index contributed by atoms with van der Waals surface area (Å²) >= 11 is 1.46. The zero-order valence-corrected chi connectivity index (χ0v) is 11.4. The van der Waals surface area contributed by atoms with E-state index in [1.54, 1.807) is 0 Å². The second-order valence-corrected chi connectivity index (χ2v) is 5.10. The van der Waals surface area contributed by atoms with Crippen molar-refractivity contribution in [3.05, 3.63) is 41.7 Å². The van der Waals surface area contributed by atoms with Crippen LogP contribution in [0.2, 0.25) is 0 Å². The molecule has 0 aliphatic heterocycles. The number of nitrogens with zero attached hydrogens (tertiary/aromatic N) is 3. The standard InChI is InChI=1S/C13H11N5OS/c1-7-6-10(20-17-7)8-2-4-9(5-3-8)11-12(13(14)19)16-18-15-11/h2-6H,1H3,(H2,14,19)(H,15,16,18). The van der Waals surface area contributed by atoms with Gasteiger partial charge in [-0.15, -0.1) is 0 Å². The van der Waals surface area contributed by atoms with Crippen molar-refractivity contribution in [1.82, 2.24) is 19.8 Å². The van der Waals surface area contributed by atoms with Crippen molar-refractivity contribution in [3.63, 3.8) is 0 Å². The number of aromatic amines is 1. The van der Waals surface area contributed by atoms with E-state index in [0.717, 1.165) is 21.7 Å². The lowest BCUT2D eigenvalue weighted by Crippen LogP contribution is -2.12. The molecule has 3 N–H and O–H groups in total. The Morgan fingerprint density at radius 2 is 1.90 bits per heavy atom. The third kappa shape index (κ3) is 2.19. The summed E-state index contributed by atoms with van der Waals surface area (Å²) < 4.78 is 4.26. The molecule has 0 saturated heterocycles. The minimum Gasteiger partial charge on any atom is -0.364 e. The first-order valence-electron chi connectivity index (χ1n) is 5.90. The van der Waals surface area contributed by atoms with E-state index in [9.17, 15) is 4.79 Å². The molecule has 100 valence electrons. The summed E-state index contributed by atoms with van der Waals surface area (Å²) in [5, 5.41) is 10.1. The number of benzene rings is 1. The molecule has 6 nitrogen and oxygen atoms in total. The first-order valence-corrected chi connectivity index (χ1v) is 6.67. The second kappa shape index (κ2) is 4.86. The molecular formula is C13H11N5OS. The molecule has 1 amide bonds. The van der Waals surface area contributed by atoms with Crippen molar-refractivity contribution in [2.75, 3.05) is 0 Å². The van der Waals surface area contributed by atoms with E-state index in [1.807, 2.05) is 37.3 Å². The maximum Gasteiger partial charge on any atom is 0.271 e. The highest BCUT2D eigenvalue weighted by molar-refractivity contribution is 7.09. The van der Waals surface area contributed by atoms with E-state index < -0.39 is 5.91 Å². The number of nitrogens with two attached hydrogens (primary N) is 1. The molecule has 20 heavy (non-hydrogen) atoms. The van der Waals surface area contributed by atoms with Crippen molar-refractivity contribution in [1.29, 1.82) is 0 Å². The molecule has 0 aliphatic carbocycles. The van der Waals surface area contributed by atoms with Gasteiger partial charge in [0.2, 0.25) is 0 Å². The SMILES string of the molecule is Cc1cc(-c2ccc(-c3n[nH]nc3C(N)=O)cc2)sn1. The number of amides is 1. The number of H-pyrrole nitrogens is 1. The van der Waals surface area contributed by atoms with Gasteiger partial charge >= 0.3 is 0 Å². The van der Waals surface area contributed by atoms with E-state index in [0.29, 0.717) is 5.69 Å². The Morgan fingerprint density at radius 1 is 1.20 bits per heavy atom. The molecule has 0 aliphatic rings. The van der Waals surface area contributed by atoms with Crippen LogP contribution in [0, 0.1) is 6.92 Å². The zero-order chi connectivity index (χ0) is 14.1. The van der Waals surface area contributed by atoms with Crippen LogP contribution in [0.15, 0.2) is 30.3 Å². The minimum absolute atomic E-state index is 0.145. The lowest BCUT2D eigenvalue weighted by molar-refractivity contribution is 0.0996. The summed E-state index contributed by atoms with van der Waals surface area (Å²) in [5.41, 5.74) is 8.72. The number of carbonyl (C=O) groups is 1. The lowest BCUT2D eigenvalue weighted by atomic mass is 10.1. The van der Waals surface area contributed by atoms with Gasteiger partial charge in [0.15, 0.2) is 5.69 Å². The summed E-state index contributed by atoms with van der Waals surface area (Å²) in [6, 6.07) is 9.72. The molecule has 2 heterocycles. The highest BCUT2D eigenvalue weighted by Gasteiger charge is 2.15. The van der Waals surface area contributed by atoms with Crippen LogP contribution in [0.25, 0.3) is 21.7 Å². The largest absolute Gasteiger partial charge is 0.364 e. The number of hydrogen-bond acceptors (Lipinski definition) is 5. The van der Waals surface area contributed by atoms with E-state index in [1.165, 1.54) is 11.5 Å². The van der Waals surface area contributed by atoms with Gasteiger partial charge in [-0.2, -0.15) is 19.8 Å². The summed E-state index contributed by atoms with van der Waals surface area (Å²) in [6.07, 6.45) is 0. The Balaban J connectivity index is 1.97. The van der Waals surface area contributed by atoms with Crippen LogP contribution in [0.3, 0.4) is 0 Å². The van der Waals surface area contributed by atoms with Crippen LogP contribution in [0.5, 0.6) is 0 Å². The highest BCUT2D eigenvalue weighted by atomic mass is 32.1. The van der Waals surface area contributed by atoms with Crippen molar-refractivity contribution in [2.45, 2.75) is 6.92 Å². The first kappa shape index (κ1) is 12.5. The van der Waals surface area contributed by atoms with Crippen LogP contribution < -0.4 is 5.73 Å². The number of hydrogen-bond donors (Lipinski definition) is 2. The number of nitrogens with one attached hydrogen (secondary N) is 1. The van der Waals surface area contributed by atoms with Crippen molar-refractivity contribution in [2.24, 2.45) is 5.73 Å². The second-order valence-electron chi connectivity index (χ2n) is 4.29. The smallest absolute Gasteiger partial charge is 0.271 e. The fourth-order valence-corrected chi connectivity index (χ4v) is 2.66. The quantitative estimate of drug-likeness (QED) is 0.769. The van der Waals surface area contributed by atoms with Gasteiger partial charge in [-0.25, -0.2) is 0 Å². The monoisotopic (exact) mass is 285 g/mol. The van der Waals surface area contributed by atoms with E-state index in [2.05, 4.69) is 19.8 Å². The van der Waals surface area contributed by atoms with Crippen LogP contribution in [-0.4, -0.2) is 25.7 Å². The van der Waals surface area contributed by atoms with Gasteiger partial charge in [-0.3, -0.25) is 4.79 Å². The van der Waals surface area contributed by atoms with Gasteiger partial charge in [0.1, 0.15) is 5.69 Å². The van der Waals surface area contributed by atoms with Crippen molar-refractivity contribution >= 4 is 17.4 Å². The summed E-state index contributed by atoms with van der Waals surface area (Å²) in [5.74, 6) is -0.601. The van der Waals surface area contributed by atoms with Gasteiger partial charge in [-0.05, 0) is 30.1 Å². The molecule has 0 fully saturated rings. The number of rotatable bonds is 3. The first-order chi connectivity index (χ1) is 9.65. The molecular weight excluding hydrogens is 274 g/mol. The van der Waals surface area contributed by atoms with Crippen LogP contribution in [-0.2, 0) is 0 Å². The Hall–Kier alpha value is -2.54. The third-order valence-electron chi connectivity index (χ3n) is 2.85. The third-order valence-corrected chi connectivity index (χ3v) is 3.78. The predicted molar refractivity (Wildman–Crippen MR) is 76.2 cm³/mol. The number of aryl methyl sites for hydroxylation is 1. The summed E-state index contributed by atoms with van der Waals surface area (Å²) in [4.78, 5) is 12.3.